The van der Waals surface area contributed by atoms with Crippen molar-refractivity contribution in [3.05, 3.63) is 23.5 Å². The molecule has 1 rings (SSSR count). The van der Waals surface area contributed by atoms with Crippen molar-refractivity contribution in [2.45, 2.75) is 6.61 Å². The van der Waals surface area contributed by atoms with Crippen molar-refractivity contribution in [1.82, 2.24) is 0 Å². The summed E-state index contributed by atoms with van der Waals surface area (Å²) in [5.74, 6) is -0.823. The largest absolute Gasteiger partial charge is 0.497 e. The van der Waals surface area contributed by atoms with Crippen LogP contribution in [0.5, 0.6) is 5.75 Å². The van der Waals surface area contributed by atoms with Gasteiger partial charge in [0, 0.05) is 5.56 Å². The van der Waals surface area contributed by atoms with Crippen LogP contribution in [0.1, 0.15) is 5.56 Å². The van der Waals surface area contributed by atoms with E-state index in [9.17, 15) is 4.39 Å². The van der Waals surface area contributed by atoms with Gasteiger partial charge in [0.15, 0.2) is 0 Å². The number of aliphatic hydroxyl groups is 1. The van der Waals surface area contributed by atoms with Gasteiger partial charge in [0.1, 0.15) is 11.6 Å². The molecular weight excluding hydrogens is 190 g/mol. The van der Waals surface area contributed by atoms with Crippen LogP contribution in [0.4, 0.5) is 4.39 Å². The van der Waals surface area contributed by atoms with Gasteiger partial charge in [-0.25, -0.2) is 4.39 Å². The van der Waals surface area contributed by atoms with E-state index in [4.69, 9.17) is 19.9 Å². The first kappa shape index (κ1) is 11.0. The van der Waals surface area contributed by atoms with Crippen molar-refractivity contribution in [2.75, 3.05) is 7.11 Å². The molecule has 0 aliphatic rings. The van der Waals surface area contributed by atoms with E-state index in [-0.39, 0.29) is 16.8 Å². The summed E-state index contributed by atoms with van der Waals surface area (Å²) >= 11 is 0. The predicted molar refractivity (Wildman–Crippen MR) is 48.7 cm³/mol. The zero-order chi connectivity index (χ0) is 10.7. The summed E-state index contributed by atoms with van der Waals surface area (Å²) in [6.07, 6.45) is 0. The van der Waals surface area contributed by atoms with Gasteiger partial charge in [0.05, 0.1) is 19.2 Å². The van der Waals surface area contributed by atoms with Crippen LogP contribution < -0.4 is 10.2 Å². The van der Waals surface area contributed by atoms with E-state index in [1.807, 2.05) is 0 Å². The van der Waals surface area contributed by atoms with Gasteiger partial charge in [0.2, 0.25) is 0 Å². The summed E-state index contributed by atoms with van der Waals surface area (Å²) in [7, 11) is -0.671. The van der Waals surface area contributed by atoms with Crippen LogP contribution in [0.25, 0.3) is 0 Å². The minimum Gasteiger partial charge on any atom is -0.497 e. The van der Waals surface area contributed by atoms with Crippen molar-refractivity contribution in [3.63, 3.8) is 0 Å². The first-order chi connectivity index (χ1) is 6.61. The smallest absolute Gasteiger partial charge is 0.495 e. The summed E-state index contributed by atoms with van der Waals surface area (Å²) in [6.45, 7) is -0.504. The fourth-order valence-corrected chi connectivity index (χ4v) is 1.16. The Morgan fingerprint density at radius 2 is 2.07 bits per heavy atom. The Morgan fingerprint density at radius 3 is 2.50 bits per heavy atom. The number of rotatable bonds is 3. The van der Waals surface area contributed by atoms with Gasteiger partial charge in [-0.1, -0.05) is 6.07 Å². The molecule has 0 saturated carbocycles. The lowest BCUT2D eigenvalue weighted by molar-refractivity contribution is 0.275. The van der Waals surface area contributed by atoms with E-state index in [2.05, 4.69) is 0 Å². The molecule has 3 N–H and O–H groups in total. The van der Waals surface area contributed by atoms with Crippen LogP contribution in [0, 0.1) is 5.82 Å². The molecule has 0 radical (unpaired) electrons. The highest BCUT2D eigenvalue weighted by Gasteiger charge is 2.23. The summed E-state index contributed by atoms with van der Waals surface area (Å²) in [5, 5.41) is 26.5. The van der Waals surface area contributed by atoms with Crippen molar-refractivity contribution in [2.24, 2.45) is 0 Å². The molecule has 0 spiro atoms. The van der Waals surface area contributed by atoms with Crippen LogP contribution >= 0.6 is 0 Å². The van der Waals surface area contributed by atoms with Crippen LogP contribution in [0.2, 0.25) is 0 Å². The fourth-order valence-electron chi connectivity index (χ4n) is 1.16. The molecule has 1 aromatic carbocycles. The van der Waals surface area contributed by atoms with Crippen LogP contribution in [0.15, 0.2) is 12.1 Å². The zero-order valence-electron chi connectivity index (χ0n) is 7.57. The molecule has 0 aliphatic heterocycles. The quantitative estimate of drug-likeness (QED) is 0.547. The Bertz CT molecular complexity index is 329. The molecule has 0 amide bonds. The van der Waals surface area contributed by atoms with E-state index in [0.717, 1.165) is 0 Å². The number of hydrogen-bond donors (Lipinski definition) is 3. The molecule has 0 bridgehead atoms. The van der Waals surface area contributed by atoms with Crippen LogP contribution in [-0.2, 0) is 6.61 Å². The molecule has 0 atom stereocenters. The monoisotopic (exact) mass is 200 g/mol. The first-order valence-electron chi connectivity index (χ1n) is 3.94. The average molecular weight is 200 g/mol. The van der Waals surface area contributed by atoms with Crippen molar-refractivity contribution in [3.8, 4) is 5.75 Å². The molecule has 0 aromatic heterocycles. The Kier molecular flexibility index (Phi) is 3.46. The number of halogens is 1. The highest BCUT2D eigenvalue weighted by Crippen LogP contribution is 2.14. The number of methoxy groups -OCH3 is 1. The van der Waals surface area contributed by atoms with Gasteiger partial charge in [0.25, 0.3) is 0 Å². The second-order valence-electron chi connectivity index (χ2n) is 2.69. The third-order valence-electron chi connectivity index (χ3n) is 1.87. The van der Waals surface area contributed by atoms with E-state index in [1.165, 1.54) is 19.2 Å². The van der Waals surface area contributed by atoms with Crippen molar-refractivity contribution >= 4 is 12.6 Å². The fraction of sp³-hybridized carbons (Fsp3) is 0.250. The van der Waals surface area contributed by atoms with Gasteiger partial charge in [-0.15, -0.1) is 0 Å². The number of aliphatic hydroxyl groups excluding tert-OH is 1. The Labute approximate surface area is 80.7 Å². The maximum absolute atomic E-state index is 13.4. The van der Waals surface area contributed by atoms with Gasteiger partial charge in [-0.3, -0.25) is 0 Å². The summed E-state index contributed by atoms with van der Waals surface area (Å²) < 4.78 is 18.2. The Morgan fingerprint density at radius 1 is 1.43 bits per heavy atom. The number of ether oxygens (including phenoxy) is 1. The normalized spacial score (nSPS) is 10.1. The van der Waals surface area contributed by atoms with E-state index in [1.54, 1.807) is 0 Å². The second kappa shape index (κ2) is 4.41. The van der Waals surface area contributed by atoms with Gasteiger partial charge >= 0.3 is 7.12 Å². The summed E-state index contributed by atoms with van der Waals surface area (Å²) in [6, 6.07) is 2.68. The van der Waals surface area contributed by atoms with Crippen LogP contribution in [0.3, 0.4) is 0 Å². The third kappa shape index (κ3) is 1.87. The second-order valence-corrected chi connectivity index (χ2v) is 2.69. The Hall–Kier alpha value is -1.11. The lowest BCUT2D eigenvalue weighted by Gasteiger charge is -2.10. The maximum atomic E-state index is 13.4. The summed E-state index contributed by atoms with van der Waals surface area (Å²) in [5.41, 5.74) is -0.368. The third-order valence-corrected chi connectivity index (χ3v) is 1.87. The van der Waals surface area contributed by atoms with Crippen LogP contribution in [-0.4, -0.2) is 29.4 Å². The molecule has 6 heteroatoms. The predicted octanol–water partition coefficient (Wildman–Crippen LogP) is -0.994. The summed E-state index contributed by atoms with van der Waals surface area (Å²) in [4.78, 5) is 0. The van der Waals surface area contributed by atoms with Gasteiger partial charge in [-0.2, -0.15) is 0 Å². The zero-order valence-corrected chi connectivity index (χ0v) is 7.57. The minimum atomic E-state index is -1.96. The average Bonchev–Trinajstić information content (AvgIpc) is 2.16. The first-order valence-corrected chi connectivity index (χ1v) is 3.94. The molecule has 0 unspecified atom stereocenters. The topological polar surface area (TPSA) is 69.9 Å². The minimum absolute atomic E-state index is 0.00565. The maximum Gasteiger partial charge on any atom is 0.495 e. The molecule has 0 saturated heterocycles. The molecule has 0 aliphatic carbocycles. The lowest BCUT2D eigenvalue weighted by Crippen LogP contribution is -2.35. The van der Waals surface area contributed by atoms with Gasteiger partial charge < -0.3 is 19.9 Å². The SMILES string of the molecule is COc1ccc(CO)c(F)c1B(O)O. The standard InChI is InChI=1S/C8H10BFO4/c1-14-6-3-2-5(4-11)8(10)7(6)9(12)13/h2-3,11-13H,4H2,1H3. The van der Waals surface area contributed by atoms with Gasteiger partial charge in [-0.05, 0) is 6.07 Å². The Balaban J connectivity index is 3.31. The molecule has 0 fully saturated rings. The highest BCUT2D eigenvalue weighted by molar-refractivity contribution is 6.59. The number of benzene rings is 1. The van der Waals surface area contributed by atoms with E-state index >= 15 is 0 Å². The molecule has 4 nitrogen and oxygen atoms in total. The number of hydrogen-bond acceptors (Lipinski definition) is 4. The van der Waals surface area contributed by atoms with E-state index < -0.39 is 19.5 Å². The highest BCUT2D eigenvalue weighted by atomic mass is 19.1. The molecule has 14 heavy (non-hydrogen) atoms. The van der Waals surface area contributed by atoms with Crippen molar-refractivity contribution in [1.29, 1.82) is 0 Å². The van der Waals surface area contributed by atoms with E-state index in [0.29, 0.717) is 0 Å². The lowest BCUT2D eigenvalue weighted by atomic mass is 9.78. The molecule has 76 valence electrons. The molecule has 1 aromatic rings. The molecular formula is C8H10BFO4. The van der Waals surface area contributed by atoms with Crippen molar-refractivity contribution < 1.29 is 24.3 Å². The molecule has 0 heterocycles.